The summed E-state index contributed by atoms with van der Waals surface area (Å²) in [4.78, 5) is 12.8. The highest BCUT2D eigenvalue weighted by Crippen LogP contribution is 2.34. The summed E-state index contributed by atoms with van der Waals surface area (Å²) in [6.07, 6.45) is -5.35. The quantitative estimate of drug-likeness (QED) is 0.796. The van der Waals surface area contributed by atoms with E-state index in [1.54, 1.807) is 45.0 Å². The second-order valence-electron chi connectivity index (χ2n) is 7.16. The van der Waals surface area contributed by atoms with Gasteiger partial charge in [0.25, 0.3) is 5.56 Å². The third-order valence-corrected chi connectivity index (χ3v) is 4.48. The van der Waals surface area contributed by atoms with Crippen molar-refractivity contribution in [3.05, 3.63) is 57.4 Å². The molecule has 148 valence electrons. The van der Waals surface area contributed by atoms with Crippen LogP contribution in [0.2, 0.25) is 0 Å². The lowest BCUT2D eigenvalue weighted by Gasteiger charge is -2.21. The molecule has 2 aromatic rings. The number of pyridine rings is 1. The van der Waals surface area contributed by atoms with Crippen LogP contribution < -0.4 is 5.56 Å². The highest BCUT2D eigenvalue weighted by Gasteiger charge is 2.38. The van der Waals surface area contributed by atoms with E-state index < -0.39 is 34.8 Å². The van der Waals surface area contributed by atoms with E-state index in [1.165, 1.54) is 6.07 Å². The van der Waals surface area contributed by atoms with E-state index in [1.807, 2.05) is 0 Å². The normalized spacial score (nSPS) is 18.8. The van der Waals surface area contributed by atoms with E-state index in [9.17, 15) is 23.2 Å². The molecule has 28 heavy (non-hydrogen) atoms. The first-order chi connectivity index (χ1) is 13.0. The van der Waals surface area contributed by atoms with E-state index >= 15 is 0 Å². The first-order valence-corrected chi connectivity index (χ1v) is 8.66. The van der Waals surface area contributed by atoms with E-state index in [-0.39, 0.29) is 18.8 Å². The molecule has 1 aliphatic heterocycles. The molecule has 1 fully saturated rings. The van der Waals surface area contributed by atoms with Crippen LogP contribution in [0.3, 0.4) is 0 Å². The SMILES string of the molecule is Cc1cccc(-c2cc(C(F)(F)F)c(C#N)c(=O)n2CC2COC(C)(C)O2)c1. The minimum Gasteiger partial charge on any atom is -0.348 e. The fourth-order valence-corrected chi connectivity index (χ4v) is 3.26. The number of rotatable bonds is 3. The Morgan fingerprint density at radius 1 is 1.32 bits per heavy atom. The zero-order valence-electron chi connectivity index (χ0n) is 15.6. The van der Waals surface area contributed by atoms with Crippen LogP contribution in [0, 0.1) is 18.3 Å². The molecular formula is C20H19F3N2O3. The predicted molar refractivity (Wildman–Crippen MR) is 95.5 cm³/mol. The largest absolute Gasteiger partial charge is 0.417 e. The van der Waals surface area contributed by atoms with Gasteiger partial charge in [0.15, 0.2) is 5.79 Å². The highest BCUT2D eigenvalue weighted by atomic mass is 19.4. The van der Waals surface area contributed by atoms with Gasteiger partial charge < -0.3 is 14.0 Å². The van der Waals surface area contributed by atoms with E-state index in [0.29, 0.717) is 5.56 Å². The molecule has 0 aliphatic carbocycles. The lowest BCUT2D eigenvalue weighted by atomic mass is 10.0. The zero-order valence-corrected chi connectivity index (χ0v) is 15.6. The topological polar surface area (TPSA) is 64.2 Å². The Bertz CT molecular complexity index is 1000. The molecule has 5 nitrogen and oxygen atoms in total. The summed E-state index contributed by atoms with van der Waals surface area (Å²) in [6.45, 7) is 5.39. The van der Waals surface area contributed by atoms with Crippen molar-refractivity contribution in [1.29, 1.82) is 5.26 Å². The molecule has 8 heteroatoms. The highest BCUT2D eigenvalue weighted by molar-refractivity contribution is 5.63. The van der Waals surface area contributed by atoms with Gasteiger partial charge in [-0.3, -0.25) is 4.79 Å². The van der Waals surface area contributed by atoms with Crippen molar-refractivity contribution in [1.82, 2.24) is 4.57 Å². The molecule has 1 aromatic carbocycles. The third kappa shape index (κ3) is 3.96. The maximum atomic E-state index is 13.5. The summed E-state index contributed by atoms with van der Waals surface area (Å²) in [6, 6.07) is 9.09. The smallest absolute Gasteiger partial charge is 0.348 e. The minimum atomic E-state index is -4.82. The summed E-state index contributed by atoms with van der Waals surface area (Å²) in [5, 5.41) is 9.22. The summed E-state index contributed by atoms with van der Waals surface area (Å²) in [5.41, 5.74) is -1.81. The first kappa shape index (κ1) is 20.1. The molecule has 0 bridgehead atoms. The van der Waals surface area contributed by atoms with Crippen LogP contribution in [0.15, 0.2) is 35.1 Å². The lowest BCUT2D eigenvalue weighted by Crippen LogP contribution is -2.33. The Morgan fingerprint density at radius 3 is 2.57 bits per heavy atom. The molecule has 2 heterocycles. The van der Waals surface area contributed by atoms with Crippen molar-refractivity contribution in [3.63, 3.8) is 0 Å². The predicted octanol–water partition coefficient (Wildman–Crippen LogP) is 3.87. The number of halogens is 3. The van der Waals surface area contributed by atoms with Crippen LogP contribution in [0.1, 0.15) is 30.5 Å². The Balaban J connectivity index is 2.21. The molecule has 1 aliphatic rings. The standard InChI is InChI=1S/C20H19F3N2O3/c1-12-5-4-6-13(7-12)17-8-16(20(21,22)23)15(9-24)18(26)25(17)10-14-11-27-19(2,3)28-14/h4-8,14H,10-11H2,1-3H3. The molecule has 3 rings (SSSR count). The van der Waals surface area contributed by atoms with Gasteiger partial charge in [-0.2, -0.15) is 18.4 Å². The molecule has 0 saturated carbocycles. The van der Waals surface area contributed by atoms with Crippen LogP contribution in [0.25, 0.3) is 11.3 Å². The van der Waals surface area contributed by atoms with Gasteiger partial charge in [-0.1, -0.05) is 23.8 Å². The molecule has 0 spiro atoms. The second-order valence-corrected chi connectivity index (χ2v) is 7.16. The second kappa shape index (κ2) is 7.08. The Labute approximate surface area is 159 Å². The minimum absolute atomic E-state index is 0.0294. The van der Waals surface area contributed by atoms with Gasteiger partial charge in [-0.05, 0) is 38.5 Å². The zero-order chi connectivity index (χ0) is 20.7. The number of ether oxygens (including phenoxy) is 2. The van der Waals surface area contributed by atoms with E-state index in [2.05, 4.69) is 0 Å². The van der Waals surface area contributed by atoms with Gasteiger partial charge in [0.1, 0.15) is 17.7 Å². The fraction of sp³-hybridized carbons (Fsp3) is 0.400. The molecule has 0 N–H and O–H groups in total. The maximum Gasteiger partial charge on any atom is 0.417 e. The fourth-order valence-electron chi connectivity index (χ4n) is 3.26. The Hall–Kier alpha value is -2.63. The number of benzene rings is 1. The average Bonchev–Trinajstić information content (AvgIpc) is 2.94. The summed E-state index contributed by atoms with van der Waals surface area (Å²) >= 11 is 0. The van der Waals surface area contributed by atoms with Crippen LogP contribution in [0.4, 0.5) is 13.2 Å². The number of hydrogen-bond donors (Lipinski definition) is 0. The van der Waals surface area contributed by atoms with Crippen molar-refractivity contribution in [2.45, 2.75) is 45.4 Å². The molecule has 0 radical (unpaired) electrons. The summed E-state index contributed by atoms with van der Waals surface area (Å²) in [5.74, 6) is -0.845. The maximum absolute atomic E-state index is 13.5. The molecule has 1 atom stereocenters. The van der Waals surface area contributed by atoms with E-state index in [0.717, 1.165) is 16.2 Å². The van der Waals surface area contributed by atoms with Gasteiger partial charge in [0, 0.05) is 0 Å². The van der Waals surface area contributed by atoms with Gasteiger partial charge >= 0.3 is 6.18 Å². The molecule has 0 amide bonds. The van der Waals surface area contributed by atoms with Gasteiger partial charge in [-0.25, -0.2) is 0 Å². The van der Waals surface area contributed by atoms with Crippen molar-refractivity contribution >= 4 is 0 Å². The summed E-state index contributed by atoms with van der Waals surface area (Å²) in [7, 11) is 0. The number of alkyl halides is 3. The number of nitrogens with zero attached hydrogens (tertiary/aromatic N) is 2. The monoisotopic (exact) mass is 392 g/mol. The Morgan fingerprint density at radius 2 is 2.04 bits per heavy atom. The van der Waals surface area contributed by atoms with Gasteiger partial charge in [0.05, 0.1) is 24.4 Å². The van der Waals surface area contributed by atoms with Crippen LogP contribution in [-0.4, -0.2) is 23.1 Å². The van der Waals surface area contributed by atoms with Crippen molar-refractivity contribution < 1.29 is 22.6 Å². The molecule has 1 saturated heterocycles. The van der Waals surface area contributed by atoms with Crippen LogP contribution >= 0.6 is 0 Å². The Kier molecular flexibility index (Phi) is 5.08. The average molecular weight is 392 g/mol. The molecule has 1 unspecified atom stereocenters. The number of hydrogen-bond acceptors (Lipinski definition) is 4. The van der Waals surface area contributed by atoms with Crippen molar-refractivity contribution in [2.24, 2.45) is 0 Å². The number of aromatic nitrogens is 1. The lowest BCUT2D eigenvalue weighted by molar-refractivity contribution is -0.139. The third-order valence-electron chi connectivity index (χ3n) is 4.48. The van der Waals surface area contributed by atoms with Gasteiger partial charge in [-0.15, -0.1) is 0 Å². The van der Waals surface area contributed by atoms with Gasteiger partial charge in [0.2, 0.25) is 0 Å². The molecular weight excluding hydrogens is 373 g/mol. The van der Waals surface area contributed by atoms with Crippen molar-refractivity contribution in [2.75, 3.05) is 6.61 Å². The van der Waals surface area contributed by atoms with Crippen molar-refractivity contribution in [3.8, 4) is 17.3 Å². The molecule has 1 aromatic heterocycles. The number of nitriles is 1. The number of aryl methyl sites for hydroxylation is 1. The van der Waals surface area contributed by atoms with E-state index in [4.69, 9.17) is 9.47 Å². The summed E-state index contributed by atoms with van der Waals surface area (Å²) < 4.78 is 52.8. The van der Waals surface area contributed by atoms with Crippen LogP contribution in [-0.2, 0) is 22.2 Å². The van der Waals surface area contributed by atoms with Crippen LogP contribution in [0.5, 0.6) is 0 Å². The first-order valence-electron chi connectivity index (χ1n) is 8.66.